The molecule has 0 amide bonds. The fraction of sp³-hybridized carbons (Fsp3) is 1.00. The Morgan fingerprint density at radius 2 is 2.12 bits per heavy atom. The minimum Gasteiger partial charge on any atom is -0.300 e. The van der Waals surface area contributed by atoms with E-state index in [2.05, 4.69) is 18.9 Å². The van der Waals surface area contributed by atoms with Crippen LogP contribution in [0.15, 0.2) is 0 Å². The summed E-state index contributed by atoms with van der Waals surface area (Å²) in [6, 6.07) is 1.89. The second kappa shape index (κ2) is 1.27. The molecule has 1 saturated carbocycles. The van der Waals surface area contributed by atoms with Crippen molar-refractivity contribution in [1.29, 1.82) is 0 Å². The molecule has 0 aromatic rings. The Hall–Kier alpha value is -0.0400. The van der Waals surface area contributed by atoms with Gasteiger partial charge >= 0.3 is 0 Å². The van der Waals surface area contributed by atoms with E-state index in [9.17, 15) is 0 Å². The van der Waals surface area contributed by atoms with Crippen molar-refractivity contribution in [2.45, 2.75) is 31.8 Å². The molecular weight excluding hydrogens is 98.1 g/mol. The lowest BCUT2D eigenvalue weighted by Crippen LogP contribution is -2.65. The van der Waals surface area contributed by atoms with Gasteiger partial charge in [-0.2, -0.15) is 0 Å². The van der Waals surface area contributed by atoms with Crippen LogP contribution in [-0.4, -0.2) is 24.0 Å². The van der Waals surface area contributed by atoms with E-state index in [1.165, 1.54) is 12.8 Å². The highest BCUT2D eigenvalue weighted by atomic mass is 15.3. The molecule has 1 aliphatic heterocycles. The standard InChI is InChI=1S/C7H13N/c1-5-6-3-4-7(6)8(5)2/h5-7H,3-4H2,1-2H3. The molecule has 46 valence electrons. The minimum absolute atomic E-state index is 0.897. The minimum atomic E-state index is 0.897. The molecule has 0 spiro atoms. The van der Waals surface area contributed by atoms with Crippen molar-refractivity contribution in [2.24, 2.45) is 5.92 Å². The van der Waals surface area contributed by atoms with Crippen molar-refractivity contribution in [3.8, 4) is 0 Å². The summed E-state index contributed by atoms with van der Waals surface area (Å²) in [4.78, 5) is 2.49. The number of rotatable bonds is 0. The lowest BCUT2D eigenvalue weighted by molar-refractivity contribution is -0.0937. The molecule has 3 atom stereocenters. The van der Waals surface area contributed by atoms with Gasteiger partial charge in [0, 0.05) is 12.1 Å². The second-order valence-electron chi connectivity index (χ2n) is 3.21. The summed E-state index contributed by atoms with van der Waals surface area (Å²) < 4.78 is 0. The van der Waals surface area contributed by atoms with Crippen LogP contribution in [0, 0.1) is 5.92 Å². The predicted molar refractivity (Wildman–Crippen MR) is 33.7 cm³/mol. The third kappa shape index (κ3) is 0.334. The number of hydrogen-bond donors (Lipinski definition) is 0. The van der Waals surface area contributed by atoms with Gasteiger partial charge in [-0.1, -0.05) is 0 Å². The van der Waals surface area contributed by atoms with Gasteiger partial charge in [-0.15, -0.1) is 0 Å². The summed E-state index contributed by atoms with van der Waals surface area (Å²) in [5, 5.41) is 0. The van der Waals surface area contributed by atoms with Gasteiger partial charge in [-0.25, -0.2) is 0 Å². The second-order valence-corrected chi connectivity index (χ2v) is 3.21. The molecule has 1 heterocycles. The first-order chi connectivity index (χ1) is 3.80. The van der Waals surface area contributed by atoms with Crippen molar-refractivity contribution >= 4 is 0 Å². The number of fused-ring (bicyclic) bond motifs is 1. The van der Waals surface area contributed by atoms with E-state index < -0.39 is 0 Å². The van der Waals surface area contributed by atoms with Crippen LogP contribution in [0.25, 0.3) is 0 Å². The summed E-state index contributed by atoms with van der Waals surface area (Å²) in [5.41, 5.74) is 0. The molecule has 1 heteroatoms. The Morgan fingerprint density at radius 3 is 2.25 bits per heavy atom. The summed E-state index contributed by atoms with van der Waals surface area (Å²) in [7, 11) is 2.24. The average molecular weight is 111 g/mol. The third-order valence-corrected chi connectivity index (χ3v) is 3.08. The lowest BCUT2D eigenvalue weighted by atomic mass is 9.66. The first-order valence-electron chi connectivity index (χ1n) is 3.52. The van der Waals surface area contributed by atoms with Gasteiger partial charge in [0.2, 0.25) is 0 Å². The van der Waals surface area contributed by atoms with Crippen molar-refractivity contribution in [3.05, 3.63) is 0 Å². The Labute approximate surface area is 50.7 Å². The van der Waals surface area contributed by atoms with E-state index in [1.54, 1.807) is 0 Å². The van der Waals surface area contributed by atoms with Crippen molar-refractivity contribution in [1.82, 2.24) is 4.90 Å². The van der Waals surface area contributed by atoms with Crippen molar-refractivity contribution in [3.63, 3.8) is 0 Å². The van der Waals surface area contributed by atoms with E-state index in [0.717, 1.165) is 18.0 Å². The smallest absolute Gasteiger partial charge is 0.0138 e. The van der Waals surface area contributed by atoms with Gasteiger partial charge in [0.1, 0.15) is 0 Å². The monoisotopic (exact) mass is 111 g/mol. The van der Waals surface area contributed by atoms with Crippen LogP contribution >= 0.6 is 0 Å². The van der Waals surface area contributed by atoms with Gasteiger partial charge in [-0.05, 0) is 32.7 Å². The molecule has 0 bridgehead atoms. The molecular formula is C7H13N. The number of piperidine rings is 1. The molecule has 1 aliphatic carbocycles. The zero-order chi connectivity index (χ0) is 5.72. The van der Waals surface area contributed by atoms with Crippen molar-refractivity contribution in [2.75, 3.05) is 7.05 Å². The molecule has 2 aliphatic rings. The number of hydrogen-bond acceptors (Lipinski definition) is 1. The Kier molecular flexibility index (Phi) is 0.762. The molecule has 0 aromatic heterocycles. The molecule has 8 heavy (non-hydrogen) atoms. The number of likely N-dealkylation sites (tertiary alicyclic amines) is 1. The Balaban J connectivity index is 2.03. The average Bonchev–Trinajstić information content (AvgIpc) is 1.64. The molecule has 1 saturated heterocycles. The maximum atomic E-state index is 2.49. The van der Waals surface area contributed by atoms with Crippen LogP contribution in [0.5, 0.6) is 0 Å². The normalized spacial score (nSPS) is 54.0. The molecule has 0 radical (unpaired) electrons. The zero-order valence-electron chi connectivity index (χ0n) is 5.59. The lowest BCUT2D eigenvalue weighted by Gasteiger charge is -2.59. The largest absolute Gasteiger partial charge is 0.300 e. The zero-order valence-corrected chi connectivity index (χ0v) is 5.59. The molecule has 2 rings (SSSR count). The van der Waals surface area contributed by atoms with E-state index in [4.69, 9.17) is 0 Å². The summed E-state index contributed by atoms with van der Waals surface area (Å²) >= 11 is 0. The van der Waals surface area contributed by atoms with E-state index >= 15 is 0 Å². The summed E-state index contributed by atoms with van der Waals surface area (Å²) in [6.45, 7) is 2.33. The van der Waals surface area contributed by atoms with Gasteiger partial charge in [0.25, 0.3) is 0 Å². The SMILES string of the molecule is CC1C2CCC2N1C. The summed E-state index contributed by atoms with van der Waals surface area (Å²) in [6.07, 6.45) is 2.96. The summed E-state index contributed by atoms with van der Waals surface area (Å²) in [5.74, 6) is 1.08. The molecule has 0 N–H and O–H groups in total. The Bertz CT molecular complexity index is 85.0. The molecule has 0 aromatic carbocycles. The number of nitrogens with zero attached hydrogens (tertiary/aromatic N) is 1. The fourth-order valence-electron chi connectivity index (χ4n) is 2.08. The van der Waals surface area contributed by atoms with Gasteiger partial charge in [0.05, 0.1) is 0 Å². The Morgan fingerprint density at radius 1 is 1.38 bits per heavy atom. The quantitative estimate of drug-likeness (QED) is 0.452. The van der Waals surface area contributed by atoms with Crippen LogP contribution in [0.4, 0.5) is 0 Å². The van der Waals surface area contributed by atoms with Gasteiger partial charge in [0.15, 0.2) is 0 Å². The van der Waals surface area contributed by atoms with E-state index in [-0.39, 0.29) is 0 Å². The topological polar surface area (TPSA) is 3.24 Å². The molecule has 1 nitrogen and oxygen atoms in total. The van der Waals surface area contributed by atoms with Crippen LogP contribution in [0.1, 0.15) is 19.8 Å². The van der Waals surface area contributed by atoms with Crippen LogP contribution in [0.2, 0.25) is 0 Å². The first-order valence-corrected chi connectivity index (χ1v) is 3.52. The van der Waals surface area contributed by atoms with Gasteiger partial charge < -0.3 is 4.90 Å². The molecule has 2 fully saturated rings. The highest BCUT2D eigenvalue weighted by Crippen LogP contribution is 2.45. The first kappa shape index (κ1) is 4.80. The molecule has 3 unspecified atom stereocenters. The van der Waals surface area contributed by atoms with Gasteiger partial charge in [-0.3, -0.25) is 0 Å². The van der Waals surface area contributed by atoms with E-state index in [0.29, 0.717) is 0 Å². The maximum Gasteiger partial charge on any atom is 0.0138 e. The maximum absolute atomic E-state index is 2.49. The van der Waals surface area contributed by atoms with Crippen molar-refractivity contribution < 1.29 is 0 Å². The fourth-order valence-corrected chi connectivity index (χ4v) is 2.08. The van der Waals surface area contributed by atoms with Crippen LogP contribution in [0.3, 0.4) is 0 Å². The highest BCUT2D eigenvalue weighted by molar-refractivity contribution is 5.03. The third-order valence-electron chi connectivity index (χ3n) is 3.08. The van der Waals surface area contributed by atoms with E-state index in [1.807, 2.05) is 0 Å². The van der Waals surface area contributed by atoms with Crippen LogP contribution < -0.4 is 0 Å². The highest BCUT2D eigenvalue weighted by Gasteiger charge is 2.48. The predicted octanol–water partition coefficient (Wildman–Crippen LogP) is 1.10. The van der Waals surface area contributed by atoms with Crippen LogP contribution in [-0.2, 0) is 0 Å².